The fraction of sp³-hybridized carbons (Fsp3) is 0.375. The lowest BCUT2D eigenvalue weighted by Crippen LogP contribution is -2.32. The first kappa shape index (κ1) is 20.9. The Morgan fingerprint density at radius 3 is 2.52 bits per heavy atom. The number of carbonyl (C=O) groups excluding carboxylic acids is 1. The minimum absolute atomic E-state index is 0.0463. The largest absolute Gasteiger partial charge is 0.494 e. The molecule has 0 bridgehead atoms. The molecule has 4 rings (SSSR count). The zero-order valence-corrected chi connectivity index (χ0v) is 18.0. The molecule has 0 radical (unpaired) electrons. The van der Waals surface area contributed by atoms with Crippen LogP contribution in [0, 0.1) is 5.92 Å². The van der Waals surface area contributed by atoms with E-state index in [0.717, 1.165) is 35.9 Å². The van der Waals surface area contributed by atoms with Crippen molar-refractivity contribution < 1.29 is 14.1 Å². The molecular formula is C24H28N4O3. The SMILES string of the molecule is CCOc1ccc(CNC(=O)c2nc(-c3ccc(N4CCC(C)CC4)cc3)no2)cc1. The number of carbonyl (C=O) groups is 1. The van der Waals surface area contributed by atoms with Gasteiger partial charge >= 0.3 is 11.8 Å². The average Bonchev–Trinajstić information content (AvgIpc) is 3.30. The summed E-state index contributed by atoms with van der Waals surface area (Å²) in [6, 6.07) is 15.7. The van der Waals surface area contributed by atoms with Gasteiger partial charge in [0.05, 0.1) is 6.61 Å². The molecule has 1 saturated heterocycles. The van der Waals surface area contributed by atoms with Crippen LogP contribution in [0.15, 0.2) is 53.1 Å². The number of benzene rings is 2. The Morgan fingerprint density at radius 1 is 1.13 bits per heavy atom. The Hall–Kier alpha value is -3.35. The Kier molecular flexibility index (Phi) is 6.50. The van der Waals surface area contributed by atoms with Gasteiger partial charge in [0.25, 0.3) is 0 Å². The van der Waals surface area contributed by atoms with Gasteiger partial charge in [-0.3, -0.25) is 4.79 Å². The number of nitrogens with zero attached hydrogens (tertiary/aromatic N) is 3. The fourth-order valence-electron chi connectivity index (χ4n) is 3.65. The van der Waals surface area contributed by atoms with Crippen LogP contribution in [0.1, 0.15) is 42.9 Å². The molecule has 2 aromatic carbocycles. The van der Waals surface area contributed by atoms with Crippen LogP contribution in [-0.2, 0) is 6.54 Å². The van der Waals surface area contributed by atoms with Crippen LogP contribution in [0.4, 0.5) is 5.69 Å². The number of rotatable bonds is 7. The number of anilines is 1. The third-order valence-electron chi connectivity index (χ3n) is 5.58. The van der Waals surface area contributed by atoms with E-state index in [1.165, 1.54) is 18.5 Å². The van der Waals surface area contributed by atoms with Crippen LogP contribution >= 0.6 is 0 Å². The second-order valence-electron chi connectivity index (χ2n) is 7.90. The second kappa shape index (κ2) is 9.64. The summed E-state index contributed by atoms with van der Waals surface area (Å²) < 4.78 is 10.6. The molecule has 0 atom stereocenters. The van der Waals surface area contributed by atoms with Gasteiger partial charge in [0.15, 0.2) is 0 Å². The highest BCUT2D eigenvalue weighted by atomic mass is 16.5. The van der Waals surface area contributed by atoms with Crippen molar-refractivity contribution in [3.63, 3.8) is 0 Å². The van der Waals surface area contributed by atoms with E-state index in [9.17, 15) is 4.79 Å². The molecule has 7 nitrogen and oxygen atoms in total. The van der Waals surface area contributed by atoms with Gasteiger partial charge in [-0.05, 0) is 67.6 Å². The van der Waals surface area contributed by atoms with E-state index >= 15 is 0 Å². The van der Waals surface area contributed by atoms with Crippen LogP contribution < -0.4 is 15.0 Å². The first-order valence-corrected chi connectivity index (χ1v) is 10.8. The molecule has 0 unspecified atom stereocenters. The van der Waals surface area contributed by atoms with E-state index in [1.807, 2.05) is 43.3 Å². The molecule has 0 spiro atoms. The molecule has 1 aliphatic heterocycles. The molecule has 162 valence electrons. The average molecular weight is 421 g/mol. The minimum Gasteiger partial charge on any atom is -0.494 e. The highest BCUT2D eigenvalue weighted by Gasteiger charge is 2.18. The topological polar surface area (TPSA) is 80.5 Å². The zero-order chi connectivity index (χ0) is 21.6. The molecule has 7 heteroatoms. The number of amides is 1. The lowest BCUT2D eigenvalue weighted by Gasteiger charge is -2.32. The molecule has 0 saturated carbocycles. The lowest BCUT2D eigenvalue weighted by molar-refractivity contribution is 0.0907. The fourth-order valence-corrected chi connectivity index (χ4v) is 3.65. The summed E-state index contributed by atoms with van der Waals surface area (Å²) in [5.41, 5.74) is 2.98. The molecule has 1 fully saturated rings. The third kappa shape index (κ3) is 5.23. The molecule has 0 aliphatic carbocycles. The highest BCUT2D eigenvalue weighted by molar-refractivity contribution is 5.89. The summed E-state index contributed by atoms with van der Waals surface area (Å²) >= 11 is 0. The van der Waals surface area contributed by atoms with Gasteiger partial charge in [-0.2, -0.15) is 4.98 Å². The monoisotopic (exact) mass is 420 g/mol. The van der Waals surface area contributed by atoms with Crippen LogP contribution in [0.2, 0.25) is 0 Å². The predicted octanol–water partition coefficient (Wildman–Crippen LogP) is 4.30. The van der Waals surface area contributed by atoms with Gasteiger partial charge in [-0.1, -0.05) is 24.2 Å². The predicted molar refractivity (Wildman–Crippen MR) is 119 cm³/mol. The van der Waals surface area contributed by atoms with Crippen molar-refractivity contribution in [3.8, 4) is 17.1 Å². The van der Waals surface area contributed by atoms with Crippen LogP contribution in [0.25, 0.3) is 11.4 Å². The Labute approximate surface area is 182 Å². The smallest absolute Gasteiger partial charge is 0.316 e. The normalized spacial score (nSPS) is 14.5. The molecule has 2 heterocycles. The van der Waals surface area contributed by atoms with Crippen LogP contribution in [0.3, 0.4) is 0 Å². The number of hydrogen-bond donors (Lipinski definition) is 1. The molecule has 3 aromatic rings. The first-order valence-electron chi connectivity index (χ1n) is 10.8. The van der Waals surface area contributed by atoms with Crippen molar-refractivity contribution in [1.29, 1.82) is 0 Å². The van der Waals surface area contributed by atoms with Gasteiger partial charge in [0, 0.05) is 30.9 Å². The van der Waals surface area contributed by atoms with Crippen LogP contribution in [0.5, 0.6) is 5.75 Å². The molecular weight excluding hydrogens is 392 g/mol. The maximum Gasteiger partial charge on any atom is 0.316 e. The van der Waals surface area contributed by atoms with Gasteiger partial charge in [-0.25, -0.2) is 0 Å². The second-order valence-corrected chi connectivity index (χ2v) is 7.90. The van der Waals surface area contributed by atoms with Gasteiger partial charge in [-0.15, -0.1) is 0 Å². The van der Waals surface area contributed by atoms with E-state index in [-0.39, 0.29) is 5.89 Å². The Bertz CT molecular complexity index is 990. The van der Waals surface area contributed by atoms with E-state index in [0.29, 0.717) is 19.0 Å². The number of ether oxygens (including phenoxy) is 1. The zero-order valence-electron chi connectivity index (χ0n) is 18.0. The van der Waals surface area contributed by atoms with Crippen molar-refractivity contribution in [2.75, 3.05) is 24.6 Å². The molecule has 1 N–H and O–H groups in total. The van der Waals surface area contributed by atoms with Gasteiger partial charge in [0.2, 0.25) is 5.82 Å². The van der Waals surface area contributed by atoms with Crippen molar-refractivity contribution in [2.45, 2.75) is 33.2 Å². The van der Waals surface area contributed by atoms with Crippen LogP contribution in [-0.4, -0.2) is 35.7 Å². The summed E-state index contributed by atoms with van der Waals surface area (Å²) in [4.78, 5) is 19.0. The Balaban J connectivity index is 1.34. The molecule has 1 aliphatic rings. The van der Waals surface area contributed by atoms with Crippen molar-refractivity contribution in [2.24, 2.45) is 5.92 Å². The standard InChI is InChI=1S/C24H28N4O3/c1-3-30-21-10-4-18(5-11-21)16-25-23(29)24-26-22(27-31-24)19-6-8-20(9-7-19)28-14-12-17(2)13-15-28/h4-11,17H,3,12-16H2,1-2H3,(H,25,29). The van der Waals surface area contributed by atoms with Crippen molar-refractivity contribution >= 4 is 11.6 Å². The van der Waals surface area contributed by atoms with E-state index in [1.54, 1.807) is 0 Å². The van der Waals surface area contributed by atoms with Crippen molar-refractivity contribution in [3.05, 3.63) is 60.0 Å². The molecule has 1 amide bonds. The third-order valence-corrected chi connectivity index (χ3v) is 5.58. The summed E-state index contributed by atoms with van der Waals surface area (Å²) in [6.45, 7) is 7.41. The highest BCUT2D eigenvalue weighted by Crippen LogP contribution is 2.25. The Morgan fingerprint density at radius 2 is 1.84 bits per heavy atom. The summed E-state index contributed by atoms with van der Waals surface area (Å²) in [5.74, 6) is 1.57. The van der Waals surface area contributed by atoms with Crippen molar-refractivity contribution in [1.82, 2.24) is 15.5 Å². The summed E-state index contributed by atoms with van der Waals surface area (Å²) in [5, 5.41) is 6.77. The van der Waals surface area contributed by atoms with E-state index in [4.69, 9.17) is 9.26 Å². The number of nitrogens with one attached hydrogen (secondary N) is 1. The van der Waals surface area contributed by atoms with E-state index in [2.05, 4.69) is 39.4 Å². The van der Waals surface area contributed by atoms with E-state index < -0.39 is 5.91 Å². The number of piperidine rings is 1. The summed E-state index contributed by atoms with van der Waals surface area (Å²) in [7, 11) is 0. The number of aromatic nitrogens is 2. The minimum atomic E-state index is -0.397. The maximum atomic E-state index is 12.4. The molecule has 31 heavy (non-hydrogen) atoms. The number of hydrogen-bond acceptors (Lipinski definition) is 6. The van der Waals surface area contributed by atoms with Gasteiger partial charge < -0.3 is 19.5 Å². The maximum absolute atomic E-state index is 12.4. The summed E-state index contributed by atoms with van der Waals surface area (Å²) in [6.07, 6.45) is 2.45. The van der Waals surface area contributed by atoms with Gasteiger partial charge in [0.1, 0.15) is 5.75 Å². The first-order chi connectivity index (χ1) is 15.1. The molecule has 1 aromatic heterocycles. The quantitative estimate of drug-likeness (QED) is 0.614. The lowest BCUT2D eigenvalue weighted by atomic mass is 9.98.